The van der Waals surface area contributed by atoms with Gasteiger partial charge in [0.15, 0.2) is 0 Å². The summed E-state index contributed by atoms with van der Waals surface area (Å²) in [6.07, 6.45) is 0.475. The molecule has 0 atom stereocenters. The molecule has 1 aromatic heterocycles. The second-order valence-electron chi connectivity index (χ2n) is 8.09. The Morgan fingerprint density at radius 1 is 1.00 bits per heavy atom. The third-order valence-electron chi connectivity index (χ3n) is 4.62. The first-order chi connectivity index (χ1) is 12.9. The minimum absolute atomic E-state index is 0.100. The number of hydrogen-bond acceptors (Lipinski definition) is 5. The van der Waals surface area contributed by atoms with Crippen LogP contribution in [0, 0.1) is 0 Å². The number of benzene rings is 1. The minimum Gasteiger partial charge on any atom is -0.460 e. The van der Waals surface area contributed by atoms with Crippen LogP contribution in [0.4, 0.5) is 0 Å². The van der Waals surface area contributed by atoms with E-state index in [0.29, 0.717) is 6.42 Å². The second-order valence-corrected chi connectivity index (χ2v) is 9.25. The lowest BCUT2D eigenvalue weighted by Gasteiger charge is -2.34. The zero-order chi connectivity index (χ0) is 19.3. The molecule has 5 heteroatoms. The third-order valence-corrected chi connectivity index (χ3v) is 5.74. The van der Waals surface area contributed by atoms with E-state index in [1.807, 2.05) is 32.1 Å². The van der Waals surface area contributed by atoms with E-state index in [9.17, 15) is 4.79 Å². The van der Waals surface area contributed by atoms with Crippen LogP contribution in [0.25, 0.3) is 10.4 Å². The van der Waals surface area contributed by atoms with Crippen LogP contribution in [0.5, 0.6) is 0 Å². The van der Waals surface area contributed by atoms with E-state index in [0.717, 1.165) is 39.3 Å². The summed E-state index contributed by atoms with van der Waals surface area (Å²) >= 11 is 1.88. The molecule has 0 aliphatic carbocycles. The zero-order valence-electron chi connectivity index (χ0n) is 16.6. The lowest BCUT2D eigenvalue weighted by atomic mass is 10.2. The first kappa shape index (κ1) is 20.1. The smallest absolute Gasteiger partial charge is 0.307 e. The second kappa shape index (κ2) is 9.00. The molecule has 0 unspecified atom stereocenters. The van der Waals surface area contributed by atoms with Gasteiger partial charge in [-0.3, -0.25) is 9.69 Å². The topological polar surface area (TPSA) is 32.8 Å². The van der Waals surface area contributed by atoms with E-state index < -0.39 is 5.60 Å². The largest absolute Gasteiger partial charge is 0.460 e. The number of thiophene rings is 1. The fraction of sp³-hybridized carbons (Fsp3) is 0.500. The summed E-state index contributed by atoms with van der Waals surface area (Å²) in [5.74, 6) is -0.100. The van der Waals surface area contributed by atoms with Crippen LogP contribution in [-0.4, -0.2) is 54.1 Å². The Bertz CT molecular complexity index is 728. The highest BCUT2D eigenvalue weighted by atomic mass is 32.1. The zero-order valence-corrected chi connectivity index (χ0v) is 17.4. The molecular weight excluding hydrogens is 356 g/mol. The van der Waals surface area contributed by atoms with Crippen LogP contribution in [0.2, 0.25) is 0 Å². The summed E-state index contributed by atoms with van der Waals surface area (Å²) in [6.45, 7) is 11.7. The van der Waals surface area contributed by atoms with Gasteiger partial charge in [-0.15, -0.1) is 11.3 Å². The van der Waals surface area contributed by atoms with Gasteiger partial charge in [0.2, 0.25) is 0 Å². The van der Waals surface area contributed by atoms with Crippen molar-refractivity contribution in [1.82, 2.24) is 9.80 Å². The molecule has 0 amide bonds. The summed E-state index contributed by atoms with van der Waals surface area (Å²) < 4.78 is 5.39. The Kier molecular flexibility index (Phi) is 6.68. The van der Waals surface area contributed by atoms with Crippen LogP contribution in [0.1, 0.15) is 32.1 Å². The Hall–Kier alpha value is -1.69. The molecule has 0 spiro atoms. The van der Waals surface area contributed by atoms with Crippen molar-refractivity contribution in [2.45, 2.75) is 39.3 Å². The maximum atomic E-state index is 11.9. The normalized spacial score (nSPS) is 16.4. The maximum absolute atomic E-state index is 11.9. The Morgan fingerprint density at radius 2 is 1.67 bits per heavy atom. The molecule has 1 aliphatic rings. The number of carbonyl (C=O) groups excluding carboxylic acids is 1. The average molecular weight is 387 g/mol. The Morgan fingerprint density at radius 3 is 2.33 bits per heavy atom. The number of nitrogens with zero attached hydrogens (tertiary/aromatic N) is 2. The summed E-state index contributed by atoms with van der Waals surface area (Å²) in [5, 5.41) is 0. The molecule has 1 saturated heterocycles. The summed E-state index contributed by atoms with van der Waals surface area (Å²) in [7, 11) is 0. The van der Waals surface area contributed by atoms with Gasteiger partial charge in [-0.2, -0.15) is 0 Å². The number of hydrogen-bond donors (Lipinski definition) is 0. The lowest BCUT2D eigenvalue weighted by Crippen LogP contribution is -2.46. The molecule has 2 heterocycles. The van der Waals surface area contributed by atoms with Crippen LogP contribution >= 0.6 is 11.3 Å². The van der Waals surface area contributed by atoms with Crippen molar-refractivity contribution in [3.8, 4) is 10.4 Å². The fourth-order valence-electron chi connectivity index (χ4n) is 3.25. The van der Waals surface area contributed by atoms with Crippen LogP contribution in [0.3, 0.4) is 0 Å². The highest BCUT2D eigenvalue weighted by Crippen LogP contribution is 2.28. The molecule has 0 bridgehead atoms. The van der Waals surface area contributed by atoms with E-state index in [2.05, 4.69) is 52.3 Å². The number of rotatable bonds is 6. The van der Waals surface area contributed by atoms with Crippen molar-refractivity contribution < 1.29 is 9.53 Å². The van der Waals surface area contributed by atoms with Crippen LogP contribution in [0.15, 0.2) is 42.5 Å². The summed E-state index contributed by atoms with van der Waals surface area (Å²) in [4.78, 5) is 19.5. The Balaban J connectivity index is 1.41. The lowest BCUT2D eigenvalue weighted by molar-refractivity contribution is -0.155. The van der Waals surface area contributed by atoms with Crippen molar-refractivity contribution in [3.63, 3.8) is 0 Å². The van der Waals surface area contributed by atoms with Crippen molar-refractivity contribution in [2.75, 3.05) is 32.7 Å². The molecule has 1 aliphatic heterocycles. The van der Waals surface area contributed by atoms with Crippen molar-refractivity contribution >= 4 is 17.3 Å². The molecule has 27 heavy (non-hydrogen) atoms. The molecule has 0 radical (unpaired) electrons. The van der Waals surface area contributed by atoms with Gasteiger partial charge in [-0.05, 0) is 38.5 Å². The molecule has 1 fully saturated rings. The van der Waals surface area contributed by atoms with E-state index in [1.54, 1.807) is 0 Å². The third kappa shape index (κ3) is 6.45. The first-order valence-electron chi connectivity index (χ1n) is 9.70. The van der Waals surface area contributed by atoms with Crippen molar-refractivity contribution in [2.24, 2.45) is 0 Å². The van der Waals surface area contributed by atoms with Gasteiger partial charge in [-0.1, -0.05) is 30.3 Å². The summed E-state index contributed by atoms with van der Waals surface area (Å²) in [5.41, 5.74) is 0.899. The average Bonchev–Trinajstić information content (AvgIpc) is 3.09. The number of ether oxygens (including phenoxy) is 1. The van der Waals surface area contributed by atoms with E-state index >= 15 is 0 Å². The fourth-order valence-corrected chi connectivity index (χ4v) is 4.31. The highest BCUT2D eigenvalue weighted by Gasteiger charge is 2.20. The molecule has 3 rings (SSSR count). The van der Waals surface area contributed by atoms with E-state index in [1.165, 1.54) is 15.3 Å². The summed E-state index contributed by atoms with van der Waals surface area (Å²) in [6, 6.07) is 15.0. The highest BCUT2D eigenvalue weighted by molar-refractivity contribution is 7.15. The predicted molar refractivity (Wildman–Crippen MR) is 112 cm³/mol. The van der Waals surface area contributed by atoms with E-state index in [4.69, 9.17) is 4.74 Å². The number of esters is 1. The Labute approximate surface area is 166 Å². The van der Waals surface area contributed by atoms with Gasteiger partial charge in [-0.25, -0.2) is 0 Å². The van der Waals surface area contributed by atoms with Gasteiger partial charge in [0.1, 0.15) is 5.60 Å². The molecule has 0 saturated carbocycles. The molecule has 2 aromatic rings. The number of piperazine rings is 1. The molecule has 1 aromatic carbocycles. The van der Waals surface area contributed by atoms with Crippen LogP contribution < -0.4 is 0 Å². The minimum atomic E-state index is -0.394. The predicted octanol–water partition coefficient (Wildman–Crippen LogP) is 4.26. The molecule has 0 N–H and O–H groups in total. The van der Waals surface area contributed by atoms with Crippen molar-refractivity contribution in [1.29, 1.82) is 0 Å². The van der Waals surface area contributed by atoms with E-state index in [-0.39, 0.29) is 5.97 Å². The molecule has 146 valence electrons. The monoisotopic (exact) mass is 386 g/mol. The first-order valence-corrected chi connectivity index (χ1v) is 10.5. The van der Waals surface area contributed by atoms with Gasteiger partial charge in [0, 0.05) is 49.0 Å². The van der Waals surface area contributed by atoms with Gasteiger partial charge in [0.25, 0.3) is 0 Å². The SMILES string of the molecule is CC(C)(C)OC(=O)CCN1CCN(Cc2ccc(-c3ccccc3)s2)CC1. The quantitative estimate of drug-likeness (QED) is 0.695. The maximum Gasteiger partial charge on any atom is 0.307 e. The van der Waals surface area contributed by atoms with Crippen LogP contribution in [-0.2, 0) is 16.1 Å². The standard InChI is InChI=1S/C22H30N2O2S/c1-22(2,3)26-21(25)11-12-23-13-15-24(16-14-23)17-19-9-10-20(27-19)18-7-5-4-6-8-18/h4-10H,11-17H2,1-3H3. The van der Waals surface area contributed by atoms with Gasteiger partial charge in [0.05, 0.1) is 6.42 Å². The van der Waals surface area contributed by atoms with Gasteiger partial charge >= 0.3 is 5.97 Å². The van der Waals surface area contributed by atoms with Crippen molar-refractivity contribution in [3.05, 3.63) is 47.3 Å². The molecule has 4 nitrogen and oxygen atoms in total. The van der Waals surface area contributed by atoms with Gasteiger partial charge < -0.3 is 9.64 Å². The number of carbonyl (C=O) groups is 1. The molecular formula is C22H30N2O2S.